The van der Waals surface area contributed by atoms with E-state index < -0.39 is 0 Å². The third kappa shape index (κ3) is 3.37. The summed E-state index contributed by atoms with van der Waals surface area (Å²) in [5, 5.41) is 6.68. The number of nitrogens with zero attached hydrogens (tertiary/aromatic N) is 3. The highest BCUT2D eigenvalue weighted by Crippen LogP contribution is 2.24. The molecule has 0 saturated carbocycles. The highest BCUT2D eigenvalue weighted by Gasteiger charge is 2.11. The zero-order valence-corrected chi connectivity index (χ0v) is 12.9. The molecule has 3 aromatic rings. The molecule has 106 valence electrons. The fourth-order valence-corrected chi connectivity index (χ4v) is 2.77. The minimum atomic E-state index is 0.0691. The zero-order valence-electron chi connectivity index (χ0n) is 11.3. The van der Waals surface area contributed by atoms with Gasteiger partial charge >= 0.3 is 0 Å². The van der Waals surface area contributed by atoms with Crippen molar-refractivity contribution in [1.82, 2.24) is 15.0 Å². The van der Waals surface area contributed by atoms with Crippen molar-refractivity contribution in [2.75, 3.05) is 5.32 Å². The van der Waals surface area contributed by atoms with Crippen molar-refractivity contribution in [3.05, 3.63) is 58.1 Å². The van der Waals surface area contributed by atoms with Gasteiger partial charge in [-0.2, -0.15) is 0 Å². The Labute approximate surface area is 131 Å². The molecule has 2 aromatic heterocycles. The van der Waals surface area contributed by atoms with E-state index in [2.05, 4.69) is 20.3 Å². The summed E-state index contributed by atoms with van der Waals surface area (Å²) in [6, 6.07) is 11.6. The van der Waals surface area contributed by atoms with E-state index in [0.717, 1.165) is 10.6 Å². The van der Waals surface area contributed by atoms with Crippen LogP contribution in [0.15, 0.2) is 48.0 Å². The molecule has 21 heavy (non-hydrogen) atoms. The van der Waals surface area contributed by atoms with Crippen molar-refractivity contribution in [2.45, 2.75) is 13.0 Å². The maximum Gasteiger partial charge on any atom is 0.163 e. The SMILES string of the molecule is CC(Nc1cc(Cl)nc(-c2ccccc2)n1)c1nccs1. The van der Waals surface area contributed by atoms with Gasteiger partial charge < -0.3 is 5.32 Å². The topological polar surface area (TPSA) is 50.7 Å². The monoisotopic (exact) mass is 316 g/mol. The van der Waals surface area contributed by atoms with Gasteiger partial charge in [0.15, 0.2) is 5.82 Å². The van der Waals surface area contributed by atoms with Gasteiger partial charge in [-0.15, -0.1) is 11.3 Å². The van der Waals surface area contributed by atoms with Gasteiger partial charge in [-0.3, -0.25) is 0 Å². The first kappa shape index (κ1) is 14.0. The van der Waals surface area contributed by atoms with E-state index in [0.29, 0.717) is 16.8 Å². The van der Waals surface area contributed by atoms with Gasteiger partial charge in [0.1, 0.15) is 16.0 Å². The van der Waals surface area contributed by atoms with Crippen LogP contribution in [0.2, 0.25) is 5.15 Å². The number of hydrogen-bond donors (Lipinski definition) is 1. The molecular weight excluding hydrogens is 304 g/mol. The number of benzene rings is 1. The van der Waals surface area contributed by atoms with Crippen LogP contribution < -0.4 is 5.32 Å². The van der Waals surface area contributed by atoms with E-state index in [1.165, 1.54) is 0 Å². The highest BCUT2D eigenvalue weighted by atomic mass is 35.5. The average Bonchev–Trinajstić information content (AvgIpc) is 3.02. The number of thiazole rings is 1. The van der Waals surface area contributed by atoms with Crippen molar-refractivity contribution >= 4 is 28.8 Å². The Kier molecular flexibility index (Phi) is 4.13. The zero-order chi connectivity index (χ0) is 14.7. The van der Waals surface area contributed by atoms with Crippen LogP contribution in [0.4, 0.5) is 5.82 Å². The minimum absolute atomic E-state index is 0.0691. The number of anilines is 1. The summed E-state index contributed by atoms with van der Waals surface area (Å²) in [7, 11) is 0. The second kappa shape index (κ2) is 6.20. The molecule has 2 heterocycles. The van der Waals surface area contributed by atoms with Crippen LogP contribution in [-0.2, 0) is 0 Å². The van der Waals surface area contributed by atoms with E-state index in [4.69, 9.17) is 11.6 Å². The largest absolute Gasteiger partial charge is 0.361 e. The van der Waals surface area contributed by atoms with Crippen LogP contribution in [-0.4, -0.2) is 15.0 Å². The number of hydrogen-bond acceptors (Lipinski definition) is 5. The summed E-state index contributed by atoms with van der Waals surface area (Å²) in [5.74, 6) is 1.30. The van der Waals surface area contributed by atoms with Crippen LogP contribution in [0.5, 0.6) is 0 Å². The lowest BCUT2D eigenvalue weighted by Gasteiger charge is -2.13. The lowest BCUT2D eigenvalue weighted by atomic mass is 10.2. The first-order valence-electron chi connectivity index (χ1n) is 6.48. The molecule has 3 rings (SSSR count). The molecule has 0 aliphatic carbocycles. The average molecular weight is 317 g/mol. The predicted molar refractivity (Wildman–Crippen MR) is 86.6 cm³/mol. The summed E-state index contributed by atoms with van der Waals surface area (Å²) >= 11 is 7.71. The van der Waals surface area contributed by atoms with E-state index in [9.17, 15) is 0 Å². The highest BCUT2D eigenvalue weighted by molar-refractivity contribution is 7.09. The Hall–Kier alpha value is -1.98. The molecule has 1 aromatic carbocycles. The quantitative estimate of drug-likeness (QED) is 0.724. The molecule has 6 heteroatoms. The standard InChI is InChI=1S/C15H13ClN4S/c1-10(15-17-7-8-21-15)18-13-9-12(16)19-14(20-13)11-5-3-2-4-6-11/h2-10H,1H3,(H,18,19,20). The summed E-state index contributed by atoms with van der Waals surface area (Å²) in [6.07, 6.45) is 1.79. The van der Waals surface area contributed by atoms with Gasteiger partial charge in [0.25, 0.3) is 0 Å². The van der Waals surface area contributed by atoms with Crippen LogP contribution in [0.3, 0.4) is 0 Å². The van der Waals surface area contributed by atoms with E-state index in [-0.39, 0.29) is 6.04 Å². The van der Waals surface area contributed by atoms with Crippen LogP contribution in [0, 0.1) is 0 Å². The Morgan fingerprint density at radius 3 is 2.71 bits per heavy atom. The number of aromatic nitrogens is 3. The minimum Gasteiger partial charge on any atom is -0.361 e. The fourth-order valence-electron chi connectivity index (χ4n) is 1.94. The molecule has 0 amide bonds. The second-order valence-electron chi connectivity index (χ2n) is 4.50. The molecule has 0 fully saturated rings. The third-order valence-corrected chi connectivity index (χ3v) is 4.06. The second-order valence-corrected chi connectivity index (χ2v) is 5.82. The molecular formula is C15H13ClN4S. The van der Waals surface area contributed by atoms with E-state index in [1.807, 2.05) is 42.6 Å². The number of nitrogens with one attached hydrogen (secondary N) is 1. The molecule has 0 bridgehead atoms. The molecule has 4 nitrogen and oxygen atoms in total. The summed E-state index contributed by atoms with van der Waals surface area (Å²) < 4.78 is 0. The van der Waals surface area contributed by atoms with Crippen molar-refractivity contribution in [1.29, 1.82) is 0 Å². The fraction of sp³-hybridized carbons (Fsp3) is 0.133. The Morgan fingerprint density at radius 1 is 1.19 bits per heavy atom. The molecule has 1 unspecified atom stereocenters. The van der Waals surface area contributed by atoms with Gasteiger partial charge in [0.05, 0.1) is 6.04 Å². The van der Waals surface area contributed by atoms with Crippen molar-refractivity contribution in [3.63, 3.8) is 0 Å². The summed E-state index contributed by atoms with van der Waals surface area (Å²) in [4.78, 5) is 13.1. The van der Waals surface area contributed by atoms with Gasteiger partial charge in [-0.1, -0.05) is 41.9 Å². The molecule has 0 aliphatic heterocycles. The molecule has 1 N–H and O–H groups in total. The van der Waals surface area contributed by atoms with Gasteiger partial charge in [0, 0.05) is 23.2 Å². The summed E-state index contributed by atoms with van der Waals surface area (Å²) in [5.41, 5.74) is 0.935. The van der Waals surface area contributed by atoms with Crippen LogP contribution >= 0.6 is 22.9 Å². The number of rotatable bonds is 4. The van der Waals surface area contributed by atoms with Crippen molar-refractivity contribution in [3.8, 4) is 11.4 Å². The normalized spacial score (nSPS) is 12.1. The first-order valence-corrected chi connectivity index (χ1v) is 7.74. The van der Waals surface area contributed by atoms with Gasteiger partial charge in [-0.05, 0) is 6.92 Å². The smallest absolute Gasteiger partial charge is 0.163 e. The molecule has 0 spiro atoms. The lowest BCUT2D eigenvalue weighted by Crippen LogP contribution is -2.08. The van der Waals surface area contributed by atoms with Crippen LogP contribution in [0.1, 0.15) is 18.0 Å². The van der Waals surface area contributed by atoms with Crippen molar-refractivity contribution < 1.29 is 0 Å². The van der Waals surface area contributed by atoms with Gasteiger partial charge in [-0.25, -0.2) is 15.0 Å². The Balaban J connectivity index is 1.88. The lowest BCUT2D eigenvalue weighted by molar-refractivity contribution is 0.859. The third-order valence-electron chi connectivity index (χ3n) is 2.91. The Bertz CT molecular complexity index is 716. The predicted octanol–water partition coefficient (Wildman–Crippen LogP) is 4.43. The maximum atomic E-state index is 6.10. The van der Waals surface area contributed by atoms with Crippen molar-refractivity contribution in [2.24, 2.45) is 0 Å². The number of halogens is 1. The first-order chi connectivity index (χ1) is 10.2. The molecule has 0 saturated heterocycles. The maximum absolute atomic E-state index is 6.10. The van der Waals surface area contributed by atoms with E-state index in [1.54, 1.807) is 23.6 Å². The molecule has 0 radical (unpaired) electrons. The molecule has 0 aliphatic rings. The Morgan fingerprint density at radius 2 is 2.00 bits per heavy atom. The summed E-state index contributed by atoms with van der Waals surface area (Å²) in [6.45, 7) is 2.04. The van der Waals surface area contributed by atoms with E-state index >= 15 is 0 Å². The molecule has 1 atom stereocenters. The van der Waals surface area contributed by atoms with Crippen LogP contribution in [0.25, 0.3) is 11.4 Å². The van der Waals surface area contributed by atoms with Gasteiger partial charge in [0.2, 0.25) is 0 Å².